The predicted molar refractivity (Wildman–Crippen MR) is 76.7 cm³/mol. The van der Waals surface area contributed by atoms with E-state index in [-0.39, 0.29) is 0 Å². The number of rotatable bonds is 6. The van der Waals surface area contributed by atoms with Crippen LogP contribution in [0.2, 0.25) is 0 Å². The zero-order chi connectivity index (χ0) is 13.0. The fourth-order valence-electron chi connectivity index (χ4n) is 2.61. The first-order valence-corrected chi connectivity index (χ1v) is 6.97. The molecule has 0 radical (unpaired) electrons. The normalized spacial score (nSPS) is 13.1. The summed E-state index contributed by atoms with van der Waals surface area (Å²) < 4.78 is 2.41. The molecule has 0 aliphatic carbocycles. The first kappa shape index (κ1) is 13.1. The molecule has 3 nitrogen and oxygen atoms in total. The quantitative estimate of drug-likeness (QED) is 0.848. The van der Waals surface area contributed by atoms with Crippen molar-refractivity contribution in [3.05, 3.63) is 30.1 Å². The standard InChI is InChI=1S/C15H23N3/c1-3-7-15-17-13-8-5-6-9-14(13)18(15)12(4-2)10-11-16/h5-6,8-9,12H,3-4,7,10-11,16H2,1-2H3. The van der Waals surface area contributed by atoms with E-state index in [2.05, 4.69) is 42.7 Å². The van der Waals surface area contributed by atoms with Crippen molar-refractivity contribution < 1.29 is 0 Å². The van der Waals surface area contributed by atoms with Crippen LogP contribution in [0.1, 0.15) is 45.0 Å². The zero-order valence-electron chi connectivity index (χ0n) is 11.4. The lowest BCUT2D eigenvalue weighted by molar-refractivity contribution is 0.453. The summed E-state index contributed by atoms with van der Waals surface area (Å²) in [5.41, 5.74) is 8.10. The summed E-state index contributed by atoms with van der Waals surface area (Å²) >= 11 is 0. The molecule has 2 rings (SSSR count). The highest BCUT2D eigenvalue weighted by molar-refractivity contribution is 5.76. The van der Waals surface area contributed by atoms with Gasteiger partial charge in [0.25, 0.3) is 0 Å². The highest BCUT2D eigenvalue weighted by Crippen LogP contribution is 2.25. The molecule has 0 saturated carbocycles. The summed E-state index contributed by atoms with van der Waals surface area (Å²) in [7, 11) is 0. The number of hydrogen-bond acceptors (Lipinski definition) is 2. The average Bonchev–Trinajstić information content (AvgIpc) is 2.74. The van der Waals surface area contributed by atoms with Crippen LogP contribution in [0.5, 0.6) is 0 Å². The number of fused-ring (bicyclic) bond motifs is 1. The second-order valence-corrected chi connectivity index (χ2v) is 4.78. The molecule has 2 N–H and O–H groups in total. The Morgan fingerprint density at radius 2 is 2.06 bits per heavy atom. The molecule has 0 aliphatic heterocycles. The van der Waals surface area contributed by atoms with E-state index in [1.165, 1.54) is 11.3 Å². The van der Waals surface area contributed by atoms with Gasteiger partial charge in [-0.3, -0.25) is 0 Å². The van der Waals surface area contributed by atoms with Gasteiger partial charge in [0.15, 0.2) is 0 Å². The summed E-state index contributed by atoms with van der Waals surface area (Å²) in [6.07, 6.45) is 4.29. The van der Waals surface area contributed by atoms with Gasteiger partial charge in [0.1, 0.15) is 5.82 Å². The largest absolute Gasteiger partial charge is 0.330 e. The van der Waals surface area contributed by atoms with Gasteiger partial charge in [-0.1, -0.05) is 26.0 Å². The topological polar surface area (TPSA) is 43.8 Å². The Morgan fingerprint density at radius 3 is 2.72 bits per heavy atom. The highest BCUT2D eigenvalue weighted by atomic mass is 15.1. The van der Waals surface area contributed by atoms with Crippen LogP contribution in [0, 0.1) is 0 Å². The predicted octanol–water partition coefficient (Wildman–Crippen LogP) is 3.29. The number of imidazole rings is 1. The van der Waals surface area contributed by atoms with Crippen LogP contribution in [-0.2, 0) is 6.42 Å². The third-order valence-corrected chi connectivity index (χ3v) is 3.48. The van der Waals surface area contributed by atoms with E-state index in [4.69, 9.17) is 10.7 Å². The van der Waals surface area contributed by atoms with Crippen molar-refractivity contribution in [1.82, 2.24) is 9.55 Å². The molecular formula is C15H23N3. The summed E-state index contributed by atoms with van der Waals surface area (Å²) in [6, 6.07) is 8.88. The van der Waals surface area contributed by atoms with Crippen LogP contribution in [0.3, 0.4) is 0 Å². The lowest BCUT2D eigenvalue weighted by Gasteiger charge is -2.19. The number of benzene rings is 1. The highest BCUT2D eigenvalue weighted by Gasteiger charge is 2.16. The van der Waals surface area contributed by atoms with Gasteiger partial charge in [-0.2, -0.15) is 0 Å². The van der Waals surface area contributed by atoms with Crippen LogP contribution < -0.4 is 5.73 Å². The molecule has 0 saturated heterocycles. The summed E-state index contributed by atoms with van der Waals surface area (Å²) in [5, 5.41) is 0. The molecule has 2 aromatic rings. The van der Waals surface area contributed by atoms with Crippen molar-refractivity contribution in [3.63, 3.8) is 0 Å². The van der Waals surface area contributed by atoms with Crippen molar-refractivity contribution in [2.24, 2.45) is 5.73 Å². The lowest BCUT2D eigenvalue weighted by atomic mass is 10.1. The third kappa shape index (κ3) is 2.41. The van der Waals surface area contributed by atoms with Gasteiger partial charge in [-0.15, -0.1) is 0 Å². The Kier molecular flexibility index (Phi) is 4.37. The average molecular weight is 245 g/mol. The van der Waals surface area contributed by atoms with Gasteiger partial charge >= 0.3 is 0 Å². The smallest absolute Gasteiger partial charge is 0.110 e. The first-order valence-electron chi connectivity index (χ1n) is 6.97. The fourth-order valence-corrected chi connectivity index (χ4v) is 2.61. The maximum absolute atomic E-state index is 5.75. The minimum absolute atomic E-state index is 0.476. The molecule has 98 valence electrons. The van der Waals surface area contributed by atoms with Crippen molar-refractivity contribution in [1.29, 1.82) is 0 Å². The number of aromatic nitrogens is 2. The van der Waals surface area contributed by atoms with Crippen molar-refractivity contribution in [2.45, 2.75) is 45.6 Å². The molecule has 18 heavy (non-hydrogen) atoms. The zero-order valence-corrected chi connectivity index (χ0v) is 11.4. The Balaban J connectivity index is 2.52. The van der Waals surface area contributed by atoms with Gasteiger partial charge < -0.3 is 10.3 Å². The molecule has 0 amide bonds. The Bertz CT molecular complexity index is 501. The SMILES string of the molecule is CCCc1nc2ccccc2n1C(CC)CCN. The second kappa shape index (κ2) is 6.01. The molecule has 1 aromatic heterocycles. The van der Waals surface area contributed by atoms with E-state index in [1.54, 1.807) is 0 Å². The minimum Gasteiger partial charge on any atom is -0.330 e. The van der Waals surface area contributed by atoms with Gasteiger partial charge in [0.2, 0.25) is 0 Å². The molecule has 0 aliphatic rings. The second-order valence-electron chi connectivity index (χ2n) is 4.78. The summed E-state index contributed by atoms with van der Waals surface area (Å²) in [6.45, 7) is 5.16. The van der Waals surface area contributed by atoms with E-state index in [1.807, 2.05) is 0 Å². The lowest BCUT2D eigenvalue weighted by Crippen LogP contribution is -2.15. The van der Waals surface area contributed by atoms with Crippen LogP contribution in [0.4, 0.5) is 0 Å². The molecule has 0 bridgehead atoms. The van der Waals surface area contributed by atoms with E-state index >= 15 is 0 Å². The molecule has 0 fully saturated rings. The van der Waals surface area contributed by atoms with Crippen molar-refractivity contribution in [3.8, 4) is 0 Å². The summed E-state index contributed by atoms with van der Waals surface area (Å²) in [5.74, 6) is 1.21. The van der Waals surface area contributed by atoms with Gasteiger partial charge in [-0.25, -0.2) is 4.98 Å². The van der Waals surface area contributed by atoms with Crippen LogP contribution >= 0.6 is 0 Å². The van der Waals surface area contributed by atoms with Gasteiger partial charge in [0, 0.05) is 12.5 Å². The van der Waals surface area contributed by atoms with E-state index < -0.39 is 0 Å². The maximum atomic E-state index is 5.75. The Hall–Kier alpha value is -1.35. The molecule has 1 heterocycles. The minimum atomic E-state index is 0.476. The number of nitrogens with zero attached hydrogens (tertiary/aromatic N) is 2. The summed E-state index contributed by atoms with van der Waals surface area (Å²) in [4.78, 5) is 4.78. The van der Waals surface area contributed by atoms with Crippen LogP contribution in [0.15, 0.2) is 24.3 Å². The molecule has 1 aromatic carbocycles. The molecule has 3 heteroatoms. The van der Waals surface area contributed by atoms with Crippen LogP contribution in [-0.4, -0.2) is 16.1 Å². The molecular weight excluding hydrogens is 222 g/mol. The number of nitrogens with two attached hydrogens (primary N) is 1. The Morgan fingerprint density at radius 1 is 1.28 bits per heavy atom. The van der Waals surface area contributed by atoms with E-state index in [0.29, 0.717) is 6.04 Å². The number of hydrogen-bond donors (Lipinski definition) is 1. The Labute approximate surface area is 109 Å². The third-order valence-electron chi connectivity index (χ3n) is 3.48. The van der Waals surface area contributed by atoms with Crippen molar-refractivity contribution >= 4 is 11.0 Å². The first-order chi connectivity index (χ1) is 8.81. The van der Waals surface area contributed by atoms with Crippen LogP contribution in [0.25, 0.3) is 11.0 Å². The molecule has 1 unspecified atom stereocenters. The fraction of sp³-hybridized carbons (Fsp3) is 0.533. The van der Waals surface area contributed by atoms with Gasteiger partial charge in [0.05, 0.1) is 11.0 Å². The van der Waals surface area contributed by atoms with Crippen molar-refractivity contribution in [2.75, 3.05) is 6.54 Å². The monoisotopic (exact) mass is 245 g/mol. The number of para-hydroxylation sites is 2. The molecule has 1 atom stereocenters. The number of aryl methyl sites for hydroxylation is 1. The maximum Gasteiger partial charge on any atom is 0.110 e. The van der Waals surface area contributed by atoms with E-state index in [0.717, 1.165) is 37.7 Å². The molecule has 0 spiro atoms. The van der Waals surface area contributed by atoms with Gasteiger partial charge in [-0.05, 0) is 37.9 Å². The van der Waals surface area contributed by atoms with E-state index in [9.17, 15) is 0 Å².